The molecule has 8 heteroatoms. The van der Waals surface area contributed by atoms with Crippen molar-refractivity contribution in [1.82, 2.24) is 4.98 Å². The number of nitrogens with zero attached hydrogens (tertiary/aromatic N) is 1. The molecule has 0 amide bonds. The molecule has 0 atom stereocenters. The van der Waals surface area contributed by atoms with E-state index < -0.39 is 11.7 Å². The van der Waals surface area contributed by atoms with Crippen molar-refractivity contribution in [2.45, 2.75) is 85.7 Å². The average Bonchev–Trinajstić information content (AvgIpc) is 3.39. The Morgan fingerprint density at radius 3 is 2.13 bits per heavy atom. The van der Waals surface area contributed by atoms with Crippen LogP contribution in [-0.2, 0) is 36.5 Å². The number of carbonyl (C=O) groups excluding carboxylic acids is 1. The van der Waals surface area contributed by atoms with E-state index in [1.807, 2.05) is 52.0 Å². The zero-order valence-corrected chi connectivity index (χ0v) is 31.2. The van der Waals surface area contributed by atoms with Crippen LogP contribution in [0, 0.1) is 17.9 Å². The van der Waals surface area contributed by atoms with Crippen molar-refractivity contribution in [3.8, 4) is 11.3 Å². The molecular weight excluding hydrogens is 796 g/mol. The number of aliphatic hydroxyl groups is 1. The summed E-state index contributed by atoms with van der Waals surface area (Å²) < 4.78 is 41.1. The van der Waals surface area contributed by atoms with Crippen LogP contribution in [0.1, 0.15) is 85.3 Å². The maximum absolute atomic E-state index is 13.2. The summed E-state index contributed by atoms with van der Waals surface area (Å²) in [6.07, 6.45) is 2.27. The standard InChI is InChI=1S/C26H19F3NS.C13H24O2.Ir/c1-25(2,3)21-13-16(12-15-6-4-5-7-18(15)21)23-24-20(10-11-30-23)19-9-8-17(26(27,28)29)14-22(19)31-24;1-5-10(6-2)12(14)9-13(15)11(7-3)8-4;/h4-11,13-14H,1-3H3;9-11,14H,5-8H2,1-4H3;/q-1;;/b;12-9-;. The molecule has 2 heterocycles. The molecule has 47 heavy (non-hydrogen) atoms. The number of allylic oxidation sites excluding steroid dienone is 2. The van der Waals surface area contributed by atoms with Crippen LogP contribution in [-0.4, -0.2) is 15.9 Å². The van der Waals surface area contributed by atoms with Crippen molar-refractivity contribution >= 4 is 48.1 Å². The van der Waals surface area contributed by atoms with Crippen LogP contribution in [0.4, 0.5) is 13.2 Å². The second kappa shape index (κ2) is 15.9. The summed E-state index contributed by atoms with van der Waals surface area (Å²) in [6.45, 7) is 14.6. The molecular formula is C39H43F3IrNO2S-. The minimum atomic E-state index is -4.36. The number of aromatic nitrogens is 1. The van der Waals surface area contributed by atoms with E-state index in [0.29, 0.717) is 4.70 Å². The van der Waals surface area contributed by atoms with Gasteiger partial charge in [-0.15, -0.1) is 40.5 Å². The summed E-state index contributed by atoms with van der Waals surface area (Å²) in [5.41, 5.74) is 2.09. The molecule has 0 aliphatic rings. The molecule has 0 bridgehead atoms. The fourth-order valence-corrected chi connectivity index (χ4v) is 7.07. The Morgan fingerprint density at radius 1 is 0.894 bits per heavy atom. The summed E-state index contributed by atoms with van der Waals surface area (Å²) in [5, 5.41) is 13.6. The first kappa shape index (κ1) is 38.4. The molecule has 3 nitrogen and oxygen atoms in total. The fraction of sp³-hybridized carbons (Fsp3) is 0.385. The molecule has 0 saturated carbocycles. The number of fused-ring (bicyclic) bond motifs is 4. The molecule has 1 N–H and O–H groups in total. The average molecular weight is 839 g/mol. The fourth-order valence-electron chi connectivity index (χ4n) is 5.83. The monoisotopic (exact) mass is 839 g/mol. The number of halogens is 3. The molecule has 5 aromatic rings. The third-order valence-electron chi connectivity index (χ3n) is 8.64. The molecule has 1 radical (unpaired) electrons. The maximum Gasteiger partial charge on any atom is 0.416 e. The Labute approximate surface area is 293 Å². The third-order valence-corrected chi connectivity index (χ3v) is 9.81. The van der Waals surface area contributed by atoms with Gasteiger partial charge in [0.2, 0.25) is 0 Å². The normalized spacial score (nSPS) is 12.5. The Hall–Kier alpha value is -3.06. The van der Waals surface area contributed by atoms with Crippen LogP contribution in [0.5, 0.6) is 0 Å². The second-order valence-corrected chi connectivity index (χ2v) is 13.8. The molecule has 0 spiro atoms. The predicted molar refractivity (Wildman–Crippen MR) is 186 cm³/mol. The molecule has 0 aliphatic carbocycles. The number of benzene rings is 3. The van der Waals surface area contributed by atoms with E-state index in [0.717, 1.165) is 69.3 Å². The molecule has 0 fully saturated rings. The van der Waals surface area contributed by atoms with Gasteiger partial charge in [0.25, 0.3) is 0 Å². The quantitative estimate of drug-likeness (QED) is 0.0962. The minimum Gasteiger partial charge on any atom is -0.512 e. The van der Waals surface area contributed by atoms with Crippen LogP contribution in [0.25, 0.3) is 42.2 Å². The number of hydrogen-bond acceptors (Lipinski definition) is 4. The van der Waals surface area contributed by atoms with Crippen molar-refractivity contribution in [3.05, 3.63) is 89.8 Å². The van der Waals surface area contributed by atoms with Gasteiger partial charge in [-0.05, 0) is 60.1 Å². The predicted octanol–water partition coefficient (Wildman–Crippen LogP) is 12.3. The van der Waals surface area contributed by atoms with Crippen LogP contribution < -0.4 is 0 Å². The Bertz CT molecular complexity index is 1860. The molecule has 0 aliphatic heterocycles. The van der Waals surface area contributed by atoms with Crippen LogP contribution in [0.3, 0.4) is 0 Å². The first-order valence-electron chi connectivity index (χ1n) is 16.0. The van der Waals surface area contributed by atoms with E-state index >= 15 is 0 Å². The van der Waals surface area contributed by atoms with Gasteiger partial charge in [0.15, 0.2) is 5.78 Å². The first-order valence-corrected chi connectivity index (χ1v) is 16.8. The van der Waals surface area contributed by atoms with Gasteiger partial charge in [-0.1, -0.05) is 83.7 Å². The van der Waals surface area contributed by atoms with Crippen molar-refractivity contribution in [2.75, 3.05) is 0 Å². The Balaban J connectivity index is 0.000000322. The van der Waals surface area contributed by atoms with Crippen molar-refractivity contribution < 1.29 is 43.2 Å². The summed E-state index contributed by atoms with van der Waals surface area (Å²) in [4.78, 5) is 16.3. The van der Waals surface area contributed by atoms with Gasteiger partial charge >= 0.3 is 6.18 Å². The van der Waals surface area contributed by atoms with E-state index in [1.54, 1.807) is 12.3 Å². The summed E-state index contributed by atoms with van der Waals surface area (Å²) in [7, 11) is 0. The zero-order valence-electron chi connectivity index (χ0n) is 28.0. The molecule has 0 saturated heterocycles. The Morgan fingerprint density at radius 2 is 1.53 bits per heavy atom. The number of thiophene rings is 1. The zero-order chi connectivity index (χ0) is 33.8. The van der Waals surface area contributed by atoms with Gasteiger partial charge in [-0.3, -0.25) is 9.78 Å². The van der Waals surface area contributed by atoms with Gasteiger partial charge in [0.05, 0.1) is 11.3 Å². The van der Waals surface area contributed by atoms with E-state index in [2.05, 4.69) is 44.0 Å². The van der Waals surface area contributed by atoms with Crippen molar-refractivity contribution in [1.29, 1.82) is 0 Å². The molecule has 5 rings (SSSR count). The number of ketones is 1. The maximum atomic E-state index is 13.2. The number of hydrogen-bond donors (Lipinski definition) is 1. The number of alkyl halides is 3. The van der Waals surface area contributed by atoms with Crippen molar-refractivity contribution in [2.24, 2.45) is 11.8 Å². The summed E-state index contributed by atoms with van der Waals surface area (Å²) >= 11 is 1.35. The van der Waals surface area contributed by atoms with Crippen molar-refractivity contribution in [3.63, 3.8) is 0 Å². The van der Waals surface area contributed by atoms with Gasteiger partial charge in [-0.2, -0.15) is 13.2 Å². The molecule has 253 valence electrons. The molecule has 2 aromatic heterocycles. The van der Waals surface area contributed by atoms with Gasteiger partial charge in [0, 0.05) is 59.3 Å². The van der Waals surface area contributed by atoms with E-state index in [1.165, 1.54) is 29.0 Å². The van der Waals surface area contributed by atoms with Gasteiger partial charge < -0.3 is 5.11 Å². The number of pyridine rings is 1. The number of aliphatic hydroxyl groups excluding tert-OH is 1. The third kappa shape index (κ3) is 8.70. The van der Waals surface area contributed by atoms with Crippen LogP contribution in [0.2, 0.25) is 0 Å². The number of carbonyl (C=O) groups is 1. The van der Waals surface area contributed by atoms with Crippen LogP contribution >= 0.6 is 11.3 Å². The summed E-state index contributed by atoms with van der Waals surface area (Å²) in [5.74, 6) is 0.547. The minimum absolute atomic E-state index is 0. The first-order chi connectivity index (χ1) is 21.7. The topological polar surface area (TPSA) is 50.2 Å². The van der Waals surface area contributed by atoms with Gasteiger partial charge in [-0.25, -0.2) is 0 Å². The van der Waals surface area contributed by atoms with Gasteiger partial charge in [0.1, 0.15) is 0 Å². The Kier molecular flexibility index (Phi) is 13.0. The van der Waals surface area contributed by atoms with Crippen LogP contribution in [0.15, 0.2) is 72.6 Å². The van der Waals surface area contributed by atoms with E-state index in [-0.39, 0.29) is 48.9 Å². The van der Waals surface area contributed by atoms with E-state index in [4.69, 9.17) is 0 Å². The second-order valence-electron chi connectivity index (χ2n) is 12.7. The van der Waals surface area contributed by atoms with E-state index in [9.17, 15) is 23.1 Å². The molecule has 3 aromatic carbocycles. The summed E-state index contributed by atoms with van der Waals surface area (Å²) in [6, 6.07) is 19.6. The SMILES string of the molecule is CC(C)(C)c1cc(-c2nccc3c2sc2cc(C(F)(F)F)ccc23)[c-]c2ccccc12.CCC(CC)C(=O)/C=C(\O)C(CC)CC.[Ir]. The molecule has 0 unspecified atom stereocenters. The smallest absolute Gasteiger partial charge is 0.416 e. The largest absolute Gasteiger partial charge is 0.512 e. The number of rotatable bonds is 8.